The van der Waals surface area contributed by atoms with Crippen molar-refractivity contribution in [2.75, 3.05) is 20.1 Å². The van der Waals surface area contributed by atoms with E-state index in [2.05, 4.69) is 4.90 Å². The molecule has 2 aromatic rings. The van der Waals surface area contributed by atoms with Crippen molar-refractivity contribution in [3.05, 3.63) is 57.9 Å². The first-order valence-corrected chi connectivity index (χ1v) is 13.7. The first kappa shape index (κ1) is 26.0. The monoisotopic (exact) mass is 564 g/mol. The highest BCUT2D eigenvalue weighted by atomic mass is 19.2. The predicted molar refractivity (Wildman–Crippen MR) is 131 cm³/mol. The van der Waals surface area contributed by atoms with Crippen molar-refractivity contribution in [1.82, 2.24) is 9.80 Å². The van der Waals surface area contributed by atoms with Crippen LogP contribution in [-0.2, 0) is 23.1 Å². The Morgan fingerprint density at radius 2 is 1.73 bits per heavy atom. The van der Waals surface area contributed by atoms with Gasteiger partial charge in [0.2, 0.25) is 11.7 Å². The van der Waals surface area contributed by atoms with Crippen LogP contribution < -0.4 is 4.74 Å². The van der Waals surface area contributed by atoms with Gasteiger partial charge in [-0.1, -0.05) is 6.07 Å². The normalized spacial score (nSPS) is 32.0. The van der Waals surface area contributed by atoms with Crippen molar-refractivity contribution in [3.8, 4) is 11.5 Å². The fourth-order valence-electron chi connectivity index (χ4n) is 8.12. The molecule has 2 N–H and O–H groups in total. The molecule has 2 bridgehead atoms. The van der Waals surface area contributed by atoms with Crippen molar-refractivity contribution in [1.29, 1.82) is 0 Å². The summed E-state index contributed by atoms with van der Waals surface area (Å²) in [7, 11) is 1.41. The number of phenolic OH excluding ortho intramolecular Hbond substituents is 1. The Morgan fingerprint density at radius 3 is 2.40 bits per heavy atom. The molecule has 1 amide bonds. The molecule has 2 heterocycles. The maximum Gasteiger partial charge on any atom is 0.227 e. The molecule has 0 aromatic heterocycles. The zero-order valence-corrected chi connectivity index (χ0v) is 21.8. The first-order valence-electron chi connectivity index (χ1n) is 13.7. The molecule has 1 spiro atoms. The second kappa shape index (κ2) is 8.55. The Hall–Kier alpha value is -2.92. The number of likely N-dealkylation sites (tertiary alicyclic amines) is 1. The van der Waals surface area contributed by atoms with E-state index in [1.165, 1.54) is 24.8 Å². The Morgan fingerprint density at radius 1 is 1.05 bits per heavy atom. The number of rotatable bonds is 5. The molecule has 6 nitrogen and oxygen atoms in total. The summed E-state index contributed by atoms with van der Waals surface area (Å²) < 4.78 is 76.3. The molecule has 0 unspecified atom stereocenters. The Labute approximate surface area is 227 Å². The molecule has 3 aliphatic carbocycles. The number of carbonyl (C=O) groups is 1. The van der Waals surface area contributed by atoms with Gasteiger partial charge >= 0.3 is 0 Å². The quantitative estimate of drug-likeness (QED) is 0.329. The van der Waals surface area contributed by atoms with E-state index in [1.807, 2.05) is 6.07 Å². The minimum Gasteiger partial charge on any atom is -0.504 e. The van der Waals surface area contributed by atoms with Crippen molar-refractivity contribution in [2.45, 2.75) is 74.1 Å². The summed E-state index contributed by atoms with van der Waals surface area (Å²) in [5.74, 6) is -10.6. The molecule has 2 aliphatic heterocycles. The Kier molecular flexibility index (Phi) is 5.56. The molecule has 5 atom stereocenters. The van der Waals surface area contributed by atoms with Gasteiger partial charge in [-0.05, 0) is 62.6 Å². The third-order valence-electron chi connectivity index (χ3n) is 10.3. The number of amides is 1. The summed E-state index contributed by atoms with van der Waals surface area (Å²) in [6, 6.07) is 2.57. The lowest BCUT2D eigenvalue weighted by molar-refractivity contribution is -0.200. The summed E-state index contributed by atoms with van der Waals surface area (Å²) >= 11 is 0. The number of benzene rings is 2. The number of piperidine rings is 1. The van der Waals surface area contributed by atoms with E-state index < -0.39 is 70.1 Å². The fraction of sp³-hybridized carbons (Fsp3) is 0.552. The lowest BCUT2D eigenvalue weighted by Crippen LogP contribution is -2.78. The number of aromatic hydroxyl groups is 1. The third kappa shape index (κ3) is 3.24. The number of nitrogens with zero attached hydrogens (tertiary/aromatic N) is 2. The smallest absolute Gasteiger partial charge is 0.227 e. The number of phenols is 1. The molecule has 1 saturated heterocycles. The van der Waals surface area contributed by atoms with Gasteiger partial charge in [-0.2, -0.15) is 0 Å². The predicted octanol–water partition coefficient (Wildman–Crippen LogP) is 3.72. The van der Waals surface area contributed by atoms with E-state index in [-0.39, 0.29) is 17.5 Å². The van der Waals surface area contributed by atoms with Crippen LogP contribution in [0, 0.1) is 35.0 Å². The zero-order chi connectivity index (χ0) is 28.3. The summed E-state index contributed by atoms with van der Waals surface area (Å²) in [6.07, 6.45) is 2.27. The van der Waals surface area contributed by atoms with E-state index in [4.69, 9.17) is 4.74 Å². The number of hydrogen-bond acceptors (Lipinski definition) is 5. The minimum absolute atomic E-state index is 0.0714. The van der Waals surface area contributed by atoms with Gasteiger partial charge in [0.1, 0.15) is 6.10 Å². The highest BCUT2D eigenvalue weighted by Gasteiger charge is 2.73. The van der Waals surface area contributed by atoms with Gasteiger partial charge < -0.3 is 19.8 Å². The SMILES string of the molecule is CN(C(=O)Cc1c(F)c(F)c(F)c(F)c1F)[C@@H]1CC[C@@]2(O)[C@@H]3Cc4ccc(O)c5c4[C@@]2(CCN3CC2CC2)[C@H]1O5. The standard InChI is InChI=1S/C29H29F5N2O4/c1-35(19(38)11-15-21(30)23(32)25(34)24(33)22(15)31)16-6-7-29(39)18-10-14-4-5-17(37)26-20(14)28(29,27(16)40-26)8-9-36(18)12-13-2-3-13/h4-5,13,16,18,27,37,39H,2-3,6-12H2,1H3/t16-,18+,27+,28+,29-/m1/s1. The van der Waals surface area contributed by atoms with Gasteiger partial charge in [-0.3, -0.25) is 9.69 Å². The molecule has 40 heavy (non-hydrogen) atoms. The van der Waals surface area contributed by atoms with Gasteiger partial charge in [-0.25, -0.2) is 22.0 Å². The lowest BCUT2D eigenvalue weighted by Gasteiger charge is -2.64. The van der Waals surface area contributed by atoms with Crippen LogP contribution in [0.4, 0.5) is 22.0 Å². The first-order chi connectivity index (χ1) is 19.0. The average Bonchev–Trinajstić information content (AvgIpc) is 3.68. The van der Waals surface area contributed by atoms with E-state index in [0.29, 0.717) is 38.1 Å². The van der Waals surface area contributed by atoms with Crippen LogP contribution in [0.5, 0.6) is 11.5 Å². The zero-order valence-electron chi connectivity index (χ0n) is 21.8. The van der Waals surface area contributed by atoms with E-state index in [0.717, 1.165) is 17.7 Å². The highest BCUT2D eigenvalue weighted by molar-refractivity contribution is 5.79. The highest BCUT2D eigenvalue weighted by Crippen LogP contribution is 2.66. The number of aliphatic hydroxyl groups is 1. The maximum absolute atomic E-state index is 14.4. The largest absolute Gasteiger partial charge is 0.504 e. The topological polar surface area (TPSA) is 73.2 Å². The number of likely N-dealkylation sites (N-methyl/N-ethyl adjacent to an activating group) is 1. The van der Waals surface area contributed by atoms with Crippen molar-refractivity contribution in [3.63, 3.8) is 0 Å². The van der Waals surface area contributed by atoms with E-state index in [1.54, 1.807) is 6.07 Å². The Bertz CT molecular complexity index is 1420. The molecule has 3 fully saturated rings. The second-order valence-electron chi connectivity index (χ2n) is 12.1. The van der Waals surface area contributed by atoms with Gasteiger partial charge in [-0.15, -0.1) is 0 Å². The molecule has 0 radical (unpaired) electrons. The van der Waals surface area contributed by atoms with Gasteiger partial charge in [0.25, 0.3) is 0 Å². The third-order valence-corrected chi connectivity index (χ3v) is 10.3. The molecule has 11 heteroatoms. The molecule has 214 valence electrons. The number of carbonyl (C=O) groups excluding carboxylic acids is 1. The summed E-state index contributed by atoms with van der Waals surface area (Å²) in [5, 5.41) is 23.3. The van der Waals surface area contributed by atoms with Crippen LogP contribution >= 0.6 is 0 Å². The van der Waals surface area contributed by atoms with Crippen LogP contribution in [0.1, 0.15) is 48.8 Å². The number of ether oxygens (including phenoxy) is 1. The van der Waals surface area contributed by atoms with Crippen LogP contribution in [0.3, 0.4) is 0 Å². The molecule has 2 aromatic carbocycles. The summed E-state index contributed by atoms with van der Waals surface area (Å²) in [6.45, 7) is 1.60. The van der Waals surface area contributed by atoms with Gasteiger partial charge in [0.05, 0.1) is 23.5 Å². The number of hydrogen-bond donors (Lipinski definition) is 2. The lowest BCUT2D eigenvalue weighted by atomic mass is 9.48. The fourth-order valence-corrected chi connectivity index (χ4v) is 8.12. The summed E-state index contributed by atoms with van der Waals surface area (Å²) in [4.78, 5) is 16.9. The molecule has 7 rings (SSSR count). The van der Waals surface area contributed by atoms with Crippen LogP contribution in [0.2, 0.25) is 0 Å². The van der Waals surface area contributed by atoms with Crippen LogP contribution in [0.15, 0.2) is 12.1 Å². The van der Waals surface area contributed by atoms with E-state index in [9.17, 15) is 37.0 Å². The Balaban J connectivity index is 1.25. The van der Waals surface area contributed by atoms with Crippen LogP contribution in [0.25, 0.3) is 0 Å². The minimum atomic E-state index is -2.28. The second-order valence-corrected chi connectivity index (χ2v) is 12.1. The van der Waals surface area contributed by atoms with Gasteiger partial charge in [0.15, 0.2) is 34.8 Å². The maximum atomic E-state index is 14.4. The molecular formula is C29H29F5N2O4. The van der Waals surface area contributed by atoms with Crippen LogP contribution in [-0.4, -0.2) is 69.8 Å². The summed E-state index contributed by atoms with van der Waals surface area (Å²) in [5.41, 5.74) is -1.59. The molecular weight excluding hydrogens is 535 g/mol. The molecule has 2 saturated carbocycles. The van der Waals surface area contributed by atoms with Gasteiger partial charge in [0, 0.05) is 30.8 Å². The van der Waals surface area contributed by atoms with Crippen molar-refractivity contribution >= 4 is 5.91 Å². The van der Waals surface area contributed by atoms with E-state index >= 15 is 0 Å². The van der Waals surface area contributed by atoms with Crippen molar-refractivity contribution in [2.24, 2.45) is 5.92 Å². The molecule has 5 aliphatic rings. The average molecular weight is 565 g/mol. The number of halogens is 5. The van der Waals surface area contributed by atoms with Crippen molar-refractivity contribution < 1.29 is 41.7 Å².